The predicted molar refractivity (Wildman–Crippen MR) is 160 cm³/mol. The van der Waals surface area contributed by atoms with Gasteiger partial charge in [-0.25, -0.2) is 4.98 Å². The van der Waals surface area contributed by atoms with Crippen molar-refractivity contribution in [2.75, 3.05) is 44.2 Å². The topological polar surface area (TPSA) is 45.9 Å². The lowest BCUT2D eigenvalue weighted by Crippen LogP contribution is -2.48. The van der Waals surface area contributed by atoms with E-state index < -0.39 is 0 Å². The van der Waals surface area contributed by atoms with E-state index in [1.165, 1.54) is 5.39 Å². The average Bonchev–Trinajstić information content (AvgIpc) is 3.37. The van der Waals surface area contributed by atoms with Crippen molar-refractivity contribution in [3.8, 4) is 16.9 Å². The van der Waals surface area contributed by atoms with Gasteiger partial charge < -0.3 is 9.64 Å². The molecule has 0 bridgehead atoms. The van der Waals surface area contributed by atoms with E-state index in [1.54, 1.807) is 0 Å². The number of benzene rings is 3. The third-order valence-electron chi connectivity index (χ3n) is 7.50. The first-order valence-corrected chi connectivity index (χ1v) is 14.0. The van der Waals surface area contributed by atoms with Crippen molar-refractivity contribution in [1.82, 2.24) is 19.5 Å². The van der Waals surface area contributed by atoms with Crippen LogP contribution >= 0.6 is 11.6 Å². The maximum atomic E-state index is 6.57. The van der Waals surface area contributed by atoms with Crippen LogP contribution in [0.2, 0.25) is 5.02 Å². The second-order valence-corrected chi connectivity index (χ2v) is 11.6. The molecule has 1 fully saturated rings. The van der Waals surface area contributed by atoms with Crippen LogP contribution in [0.4, 0.5) is 5.82 Å². The number of halogens is 1. The van der Waals surface area contributed by atoms with Gasteiger partial charge in [-0.15, -0.1) is 0 Å². The van der Waals surface area contributed by atoms with Crippen LogP contribution in [0.1, 0.15) is 26.5 Å². The SMILES string of the molecule is CC(C)(C)c1cc(N2CCN(CCOc3cccc4ccccc34)CC2)n2ncc(-c3ccccc3Cl)c2n1. The molecule has 0 spiro atoms. The normalized spacial score (nSPS) is 14.8. The van der Waals surface area contributed by atoms with E-state index in [9.17, 15) is 0 Å². The minimum absolute atomic E-state index is 0.0979. The van der Waals surface area contributed by atoms with Gasteiger partial charge in [0.1, 0.15) is 18.2 Å². The third kappa shape index (κ3) is 5.19. The Morgan fingerprint density at radius 1 is 0.872 bits per heavy atom. The molecule has 0 unspecified atom stereocenters. The number of rotatable bonds is 6. The van der Waals surface area contributed by atoms with Gasteiger partial charge in [-0.1, -0.05) is 87.0 Å². The number of aromatic nitrogens is 3. The van der Waals surface area contributed by atoms with E-state index in [0.717, 1.165) is 72.1 Å². The Balaban J connectivity index is 1.19. The minimum Gasteiger partial charge on any atom is -0.492 e. The number of fused-ring (bicyclic) bond motifs is 2. The Hall–Kier alpha value is -3.61. The van der Waals surface area contributed by atoms with Crippen molar-refractivity contribution >= 4 is 33.8 Å². The Bertz CT molecular complexity index is 1610. The summed E-state index contributed by atoms with van der Waals surface area (Å²) < 4.78 is 8.19. The van der Waals surface area contributed by atoms with E-state index in [-0.39, 0.29) is 5.41 Å². The van der Waals surface area contributed by atoms with Crippen LogP contribution in [-0.2, 0) is 5.41 Å². The maximum absolute atomic E-state index is 6.57. The molecule has 3 heterocycles. The van der Waals surface area contributed by atoms with Gasteiger partial charge in [0.25, 0.3) is 0 Å². The lowest BCUT2D eigenvalue weighted by atomic mass is 9.91. The molecule has 0 atom stereocenters. The average molecular weight is 540 g/mol. The standard InChI is InChI=1S/C32H34ClN5O/c1-32(2,3)29-21-30(38-31(35-29)26(22-34-38)25-12-6-7-13-27(25)33)37-17-15-36(16-18-37)19-20-39-28-14-8-10-23-9-4-5-11-24(23)28/h4-14,21-22H,15-20H2,1-3H3. The molecule has 1 aliphatic rings. The molecule has 0 saturated carbocycles. The van der Waals surface area contributed by atoms with Crippen LogP contribution in [0.5, 0.6) is 5.75 Å². The molecule has 7 heteroatoms. The van der Waals surface area contributed by atoms with Gasteiger partial charge in [-0.05, 0) is 17.5 Å². The quantitative estimate of drug-likeness (QED) is 0.240. The van der Waals surface area contributed by atoms with Gasteiger partial charge in [-0.3, -0.25) is 4.90 Å². The molecule has 0 N–H and O–H groups in total. The van der Waals surface area contributed by atoms with E-state index in [2.05, 4.69) is 79.1 Å². The van der Waals surface area contributed by atoms with Crippen LogP contribution in [0.25, 0.3) is 27.5 Å². The fourth-order valence-electron chi connectivity index (χ4n) is 5.23. The highest BCUT2D eigenvalue weighted by molar-refractivity contribution is 6.33. The first-order valence-electron chi connectivity index (χ1n) is 13.6. The zero-order valence-corrected chi connectivity index (χ0v) is 23.5. The molecule has 0 amide bonds. The lowest BCUT2D eigenvalue weighted by molar-refractivity contribution is 0.201. The summed E-state index contributed by atoms with van der Waals surface area (Å²) >= 11 is 6.57. The number of nitrogens with zero attached hydrogens (tertiary/aromatic N) is 5. The molecule has 2 aromatic heterocycles. The second kappa shape index (κ2) is 10.5. The van der Waals surface area contributed by atoms with Crippen LogP contribution < -0.4 is 9.64 Å². The predicted octanol–water partition coefficient (Wildman–Crippen LogP) is 6.70. The van der Waals surface area contributed by atoms with Crippen LogP contribution in [0.15, 0.2) is 79.0 Å². The molecule has 39 heavy (non-hydrogen) atoms. The van der Waals surface area contributed by atoms with Crippen molar-refractivity contribution in [3.05, 3.63) is 89.7 Å². The fraction of sp³-hybridized carbons (Fsp3) is 0.312. The van der Waals surface area contributed by atoms with Gasteiger partial charge >= 0.3 is 0 Å². The summed E-state index contributed by atoms with van der Waals surface area (Å²) in [6, 6.07) is 24.7. The Labute approximate surface area is 234 Å². The molecule has 0 radical (unpaired) electrons. The summed E-state index contributed by atoms with van der Waals surface area (Å²) in [6.45, 7) is 11.9. The molecule has 200 valence electrons. The van der Waals surface area contributed by atoms with Crippen molar-refractivity contribution in [1.29, 1.82) is 0 Å². The maximum Gasteiger partial charge on any atom is 0.165 e. The monoisotopic (exact) mass is 539 g/mol. The molecule has 6 rings (SSSR count). The largest absolute Gasteiger partial charge is 0.492 e. The molecule has 1 saturated heterocycles. The van der Waals surface area contributed by atoms with Crippen LogP contribution in [0.3, 0.4) is 0 Å². The van der Waals surface area contributed by atoms with Crippen molar-refractivity contribution < 1.29 is 4.74 Å². The van der Waals surface area contributed by atoms with Gasteiger partial charge in [0.15, 0.2) is 5.65 Å². The molecule has 3 aromatic carbocycles. The summed E-state index contributed by atoms with van der Waals surface area (Å²) in [6.07, 6.45) is 1.89. The molecular formula is C32H34ClN5O. The number of hydrogen-bond acceptors (Lipinski definition) is 5. The molecule has 6 nitrogen and oxygen atoms in total. The lowest BCUT2D eigenvalue weighted by Gasteiger charge is -2.36. The molecule has 5 aromatic rings. The van der Waals surface area contributed by atoms with Crippen molar-refractivity contribution in [2.24, 2.45) is 0 Å². The molecule has 1 aliphatic heterocycles. The highest BCUT2D eigenvalue weighted by atomic mass is 35.5. The van der Waals surface area contributed by atoms with Gasteiger partial charge in [0, 0.05) is 65.7 Å². The van der Waals surface area contributed by atoms with E-state index >= 15 is 0 Å². The van der Waals surface area contributed by atoms with E-state index in [4.69, 9.17) is 26.4 Å². The van der Waals surface area contributed by atoms with Gasteiger partial charge in [0.05, 0.1) is 11.9 Å². The smallest absolute Gasteiger partial charge is 0.165 e. The summed E-state index contributed by atoms with van der Waals surface area (Å²) in [5.41, 5.74) is 3.70. The first kappa shape index (κ1) is 25.7. The fourth-order valence-corrected chi connectivity index (χ4v) is 5.47. The second-order valence-electron chi connectivity index (χ2n) is 11.2. The third-order valence-corrected chi connectivity index (χ3v) is 7.83. The minimum atomic E-state index is -0.0979. The zero-order valence-electron chi connectivity index (χ0n) is 22.8. The summed E-state index contributed by atoms with van der Waals surface area (Å²) in [4.78, 5) is 9.97. The zero-order chi connectivity index (χ0) is 27.0. The van der Waals surface area contributed by atoms with Crippen molar-refractivity contribution in [2.45, 2.75) is 26.2 Å². The van der Waals surface area contributed by atoms with Gasteiger partial charge in [-0.2, -0.15) is 9.61 Å². The first-order chi connectivity index (χ1) is 18.9. The van der Waals surface area contributed by atoms with E-state index in [1.807, 2.05) is 35.0 Å². The van der Waals surface area contributed by atoms with Crippen LogP contribution in [-0.4, -0.2) is 58.8 Å². The Kier molecular flexibility index (Phi) is 6.92. The Morgan fingerprint density at radius 3 is 2.41 bits per heavy atom. The van der Waals surface area contributed by atoms with E-state index in [0.29, 0.717) is 11.6 Å². The van der Waals surface area contributed by atoms with Gasteiger partial charge in [0.2, 0.25) is 0 Å². The Morgan fingerprint density at radius 2 is 1.62 bits per heavy atom. The van der Waals surface area contributed by atoms with Crippen molar-refractivity contribution in [3.63, 3.8) is 0 Å². The summed E-state index contributed by atoms with van der Waals surface area (Å²) in [5.74, 6) is 2.03. The summed E-state index contributed by atoms with van der Waals surface area (Å²) in [5, 5.41) is 7.86. The number of piperazine rings is 1. The summed E-state index contributed by atoms with van der Waals surface area (Å²) in [7, 11) is 0. The number of hydrogen-bond donors (Lipinski definition) is 0. The highest BCUT2D eigenvalue weighted by Crippen LogP contribution is 2.34. The number of anilines is 1. The molecular weight excluding hydrogens is 506 g/mol. The van der Waals surface area contributed by atoms with Crippen LogP contribution in [0, 0.1) is 0 Å². The number of ether oxygens (including phenoxy) is 1. The molecule has 0 aliphatic carbocycles. The highest BCUT2D eigenvalue weighted by Gasteiger charge is 2.25.